The van der Waals surface area contributed by atoms with E-state index in [4.69, 9.17) is 9.15 Å². The quantitative estimate of drug-likeness (QED) is 0.862. The minimum absolute atomic E-state index is 0.0149. The van der Waals surface area contributed by atoms with Gasteiger partial charge in [0.1, 0.15) is 17.6 Å². The van der Waals surface area contributed by atoms with Crippen molar-refractivity contribution in [1.82, 2.24) is 14.8 Å². The number of nitrogens with one attached hydrogen (secondary N) is 1. The third-order valence-corrected chi connectivity index (χ3v) is 4.82. The first-order valence-electron chi connectivity index (χ1n) is 8.77. The number of anilines is 1. The number of carbonyl (C=O) groups excluding carboxylic acids is 2. The van der Waals surface area contributed by atoms with Crippen molar-refractivity contribution in [3.8, 4) is 5.75 Å². The van der Waals surface area contributed by atoms with E-state index in [1.54, 1.807) is 31.0 Å². The normalized spacial score (nSPS) is 15.9. The highest BCUT2D eigenvalue weighted by Gasteiger charge is 2.43. The molecular formula is C19H24N4O4. The molecule has 0 atom stereocenters. The van der Waals surface area contributed by atoms with E-state index in [1.165, 1.54) is 12.7 Å². The van der Waals surface area contributed by atoms with Crippen LogP contribution in [0.4, 0.5) is 5.69 Å². The fourth-order valence-corrected chi connectivity index (χ4v) is 3.37. The Labute approximate surface area is 158 Å². The van der Waals surface area contributed by atoms with E-state index in [-0.39, 0.29) is 17.5 Å². The summed E-state index contributed by atoms with van der Waals surface area (Å²) in [6.07, 6.45) is 3.56. The molecule has 3 rings (SSSR count). The summed E-state index contributed by atoms with van der Waals surface area (Å²) in [6.45, 7) is 0.893. The molecule has 0 saturated carbocycles. The van der Waals surface area contributed by atoms with Gasteiger partial charge in [0, 0.05) is 38.9 Å². The highest BCUT2D eigenvalue weighted by molar-refractivity contribution is 5.93. The van der Waals surface area contributed by atoms with Crippen LogP contribution in [-0.2, 0) is 4.79 Å². The second-order valence-electron chi connectivity index (χ2n) is 6.80. The summed E-state index contributed by atoms with van der Waals surface area (Å²) in [4.78, 5) is 32.7. The number of carbonyl (C=O) groups is 2. The van der Waals surface area contributed by atoms with Crippen LogP contribution < -0.4 is 10.1 Å². The number of rotatable bonds is 5. The van der Waals surface area contributed by atoms with E-state index in [9.17, 15) is 9.59 Å². The van der Waals surface area contributed by atoms with Gasteiger partial charge in [0.05, 0.1) is 7.11 Å². The first kappa shape index (κ1) is 18.8. The van der Waals surface area contributed by atoms with Gasteiger partial charge in [-0.1, -0.05) is 6.07 Å². The van der Waals surface area contributed by atoms with Gasteiger partial charge in [0.2, 0.25) is 5.91 Å². The number of nitrogens with zero attached hydrogens (tertiary/aromatic N) is 3. The smallest absolute Gasteiger partial charge is 0.275 e. The van der Waals surface area contributed by atoms with Crippen LogP contribution in [0.3, 0.4) is 0 Å². The van der Waals surface area contributed by atoms with Crippen molar-refractivity contribution in [2.24, 2.45) is 0 Å². The molecule has 1 N–H and O–H groups in total. The molecule has 0 aliphatic carbocycles. The average molecular weight is 372 g/mol. The number of likely N-dealkylation sites (tertiary alicyclic amines) is 1. The minimum atomic E-state index is -0.781. The Bertz CT molecular complexity index is 796. The van der Waals surface area contributed by atoms with Crippen LogP contribution in [0.5, 0.6) is 5.75 Å². The van der Waals surface area contributed by atoms with Crippen LogP contribution in [0.2, 0.25) is 0 Å². The molecule has 0 bridgehead atoms. The molecule has 1 aromatic carbocycles. The number of piperidine rings is 1. The molecule has 0 unspecified atom stereocenters. The van der Waals surface area contributed by atoms with Gasteiger partial charge in [0.25, 0.3) is 5.91 Å². The highest BCUT2D eigenvalue weighted by Crippen LogP contribution is 2.30. The second-order valence-corrected chi connectivity index (χ2v) is 6.80. The van der Waals surface area contributed by atoms with Gasteiger partial charge in [-0.05, 0) is 25.0 Å². The Balaban J connectivity index is 1.79. The lowest BCUT2D eigenvalue weighted by atomic mass is 9.85. The van der Waals surface area contributed by atoms with E-state index < -0.39 is 5.54 Å². The predicted molar refractivity (Wildman–Crippen MR) is 99.7 cm³/mol. The van der Waals surface area contributed by atoms with Crippen LogP contribution in [0.1, 0.15) is 23.3 Å². The van der Waals surface area contributed by atoms with Crippen LogP contribution in [-0.4, -0.2) is 66.4 Å². The monoisotopic (exact) mass is 372 g/mol. The maximum atomic E-state index is 13.0. The summed E-state index contributed by atoms with van der Waals surface area (Å²) in [7, 11) is 5.09. The molecule has 2 amide bonds. The highest BCUT2D eigenvalue weighted by atomic mass is 16.5. The summed E-state index contributed by atoms with van der Waals surface area (Å²) >= 11 is 0. The molecule has 1 aliphatic heterocycles. The Morgan fingerprint density at radius 1 is 1.30 bits per heavy atom. The molecule has 0 radical (unpaired) electrons. The topological polar surface area (TPSA) is 87.9 Å². The third kappa shape index (κ3) is 3.89. The summed E-state index contributed by atoms with van der Waals surface area (Å²) < 4.78 is 10.2. The molecule has 27 heavy (non-hydrogen) atoms. The SMILES string of the molecule is COc1cccc(NC2(C(=O)N(C)C)CCN(C(=O)c3cocn3)CC2)c1. The maximum Gasteiger partial charge on any atom is 0.275 e. The van der Waals surface area contributed by atoms with Crippen molar-refractivity contribution < 1.29 is 18.7 Å². The molecular weight excluding hydrogens is 348 g/mol. The summed E-state index contributed by atoms with van der Waals surface area (Å²) in [6, 6.07) is 7.49. The lowest BCUT2D eigenvalue weighted by molar-refractivity contribution is -0.135. The maximum absolute atomic E-state index is 13.0. The number of oxazole rings is 1. The zero-order valence-electron chi connectivity index (χ0n) is 15.8. The number of methoxy groups -OCH3 is 1. The Kier molecular flexibility index (Phi) is 5.34. The van der Waals surface area contributed by atoms with Crippen molar-refractivity contribution in [3.05, 3.63) is 42.6 Å². The molecule has 1 fully saturated rings. The van der Waals surface area contributed by atoms with Gasteiger partial charge in [0.15, 0.2) is 12.1 Å². The first-order valence-corrected chi connectivity index (χ1v) is 8.77. The molecule has 1 aliphatic rings. The summed E-state index contributed by atoms with van der Waals surface area (Å²) in [5.41, 5.74) is 0.305. The molecule has 0 spiro atoms. The van der Waals surface area contributed by atoms with E-state index in [0.29, 0.717) is 31.7 Å². The molecule has 144 valence electrons. The van der Waals surface area contributed by atoms with E-state index >= 15 is 0 Å². The largest absolute Gasteiger partial charge is 0.497 e. The number of likely N-dealkylation sites (N-methyl/N-ethyl adjacent to an activating group) is 1. The number of hydrogen-bond acceptors (Lipinski definition) is 6. The Morgan fingerprint density at radius 3 is 2.63 bits per heavy atom. The van der Waals surface area contributed by atoms with E-state index in [0.717, 1.165) is 5.69 Å². The zero-order chi connectivity index (χ0) is 19.4. The van der Waals surface area contributed by atoms with Crippen LogP contribution in [0, 0.1) is 0 Å². The van der Waals surface area contributed by atoms with Gasteiger partial charge < -0.3 is 24.3 Å². The fraction of sp³-hybridized carbons (Fsp3) is 0.421. The predicted octanol–water partition coefficient (Wildman–Crippen LogP) is 1.86. The van der Waals surface area contributed by atoms with Crippen molar-refractivity contribution in [2.45, 2.75) is 18.4 Å². The molecule has 1 aromatic heterocycles. The molecule has 8 nitrogen and oxygen atoms in total. The average Bonchev–Trinajstić information content (AvgIpc) is 3.22. The van der Waals surface area contributed by atoms with Crippen molar-refractivity contribution in [1.29, 1.82) is 0 Å². The Hall–Kier alpha value is -3.03. The number of hydrogen-bond donors (Lipinski definition) is 1. The van der Waals surface area contributed by atoms with Crippen molar-refractivity contribution in [2.75, 3.05) is 39.6 Å². The van der Waals surface area contributed by atoms with Crippen LogP contribution >= 0.6 is 0 Å². The molecule has 1 saturated heterocycles. The van der Waals surface area contributed by atoms with Gasteiger partial charge in [-0.3, -0.25) is 9.59 Å². The van der Waals surface area contributed by atoms with Gasteiger partial charge in [-0.25, -0.2) is 4.98 Å². The van der Waals surface area contributed by atoms with Gasteiger partial charge >= 0.3 is 0 Å². The number of ether oxygens (including phenoxy) is 1. The number of benzene rings is 1. The molecule has 2 aromatic rings. The van der Waals surface area contributed by atoms with Crippen LogP contribution in [0.15, 0.2) is 41.3 Å². The van der Waals surface area contributed by atoms with Gasteiger partial charge in [-0.2, -0.15) is 0 Å². The van der Waals surface area contributed by atoms with Crippen LogP contribution in [0.25, 0.3) is 0 Å². The third-order valence-electron chi connectivity index (χ3n) is 4.82. The van der Waals surface area contributed by atoms with Gasteiger partial charge in [-0.15, -0.1) is 0 Å². The molecule has 8 heteroatoms. The minimum Gasteiger partial charge on any atom is -0.497 e. The second kappa shape index (κ2) is 7.69. The summed E-state index contributed by atoms with van der Waals surface area (Å²) in [5.74, 6) is 0.515. The summed E-state index contributed by atoms with van der Waals surface area (Å²) in [5, 5.41) is 3.40. The molecule has 2 heterocycles. The lowest BCUT2D eigenvalue weighted by Crippen LogP contribution is -2.58. The standard InChI is InChI=1S/C19H24N4O4/c1-22(2)18(25)19(21-14-5-4-6-15(11-14)26-3)7-9-23(10-8-19)17(24)16-12-27-13-20-16/h4-6,11-13,21H,7-10H2,1-3H3. The van der Waals surface area contributed by atoms with Crippen molar-refractivity contribution >= 4 is 17.5 Å². The van der Waals surface area contributed by atoms with E-state index in [1.807, 2.05) is 24.3 Å². The van der Waals surface area contributed by atoms with E-state index in [2.05, 4.69) is 10.3 Å². The first-order chi connectivity index (χ1) is 12.9. The zero-order valence-corrected chi connectivity index (χ0v) is 15.8. The lowest BCUT2D eigenvalue weighted by Gasteiger charge is -2.42. The van der Waals surface area contributed by atoms with Crippen molar-refractivity contribution in [3.63, 3.8) is 0 Å². The fourth-order valence-electron chi connectivity index (χ4n) is 3.37. The number of aromatic nitrogens is 1. The number of amides is 2. The Morgan fingerprint density at radius 2 is 2.04 bits per heavy atom.